The second kappa shape index (κ2) is 6.02. The highest BCUT2D eigenvalue weighted by Crippen LogP contribution is 2.17. The molecule has 0 fully saturated rings. The van der Waals surface area contributed by atoms with Crippen molar-refractivity contribution in [3.05, 3.63) is 41.1 Å². The number of allylic oxidation sites excluding steroid dienone is 1. The summed E-state index contributed by atoms with van der Waals surface area (Å²) in [6, 6.07) is 6.90. The summed E-state index contributed by atoms with van der Waals surface area (Å²) in [5.41, 5.74) is 1.14. The third-order valence-electron chi connectivity index (χ3n) is 1.68. The van der Waals surface area contributed by atoms with Gasteiger partial charge in [0.15, 0.2) is 0 Å². The van der Waals surface area contributed by atoms with Crippen LogP contribution in [0.2, 0.25) is 5.02 Å². The Morgan fingerprint density at radius 1 is 1.38 bits per heavy atom. The molecule has 0 unspecified atom stereocenters. The number of ether oxygens (including phenoxy) is 1. The Hall–Kier alpha value is -1.68. The Morgan fingerprint density at radius 3 is 2.56 bits per heavy atom. The number of carbonyl (C=O) groups excluding carboxylic acids is 1. The summed E-state index contributed by atoms with van der Waals surface area (Å²) < 4.78 is 4.45. The molecule has 1 aromatic rings. The zero-order chi connectivity index (χ0) is 12.0. The van der Waals surface area contributed by atoms with E-state index in [-0.39, 0.29) is 0 Å². The fraction of sp³-hybridized carbons (Fsp3) is 0.182. The Morgan fingerprint density at radius 2 is 2.00 bits per heavy atom. The van der Waals surface area contributed by atoms with Crippen molar-refractivity contribution >= 4 is 23.3 Å². The summed E-state index contributed by atoms with van der Waals surface area (Å²) in [5.74, 6) is -0.451. The van der Waals surface area contributed by atoms with E-state index in [0.29, 0.717) is 16.4 Å². The van der Waals surface area contributed by atoms with Crippen LogP contribution in [-0.2, 0) is 9.53 Å². The minimum atomic E-state index is -0.451. The van der Waals surface area contributed by atoms with Gasteiger partial charge in [0, 0.05) is 11.1 Å². The third kappa shape index (κ3) is 4.23. The Balaban J connectivity index is 2.70. The zero-order valence-electron chi connectivity index (χ0n) is 8.98. The van der Waals surface area contributed by atoms with E-state index >= 15 is 0 Å². The van der Waals surface area contributed by atoms with E-state index in [0.717, 1.165) is 0 Å². The first-order chi connectivity index (χ1) is 7.61. The van der Waals surface area contributed by atoms with Crippen LogP contribution in [-0.4, -0.2) is 13.1 Å². The van der Waals surface area contributed by atoms with E-state index in [1.165, 1.54) is 13.2 Å². The van der Waals surface area contributed by atoms with Gasteiger partial charge in [-0.3, -0.25) is 0 Å². The normalized spacial score (nSPS) is 11.8. The van der Waals surface area contributed by atoms with Crippen LogP contribution in [0.3, 0.4) is 0 Å². The lowest BCUT2D eigenvalue weighted by Crippen LogP contribution is -1.94. The largest absolute Gasteiger partial charge is 0.466 e. The smallest absolute Gasteiger partial charge is 0.332 e. The number of hydrogen-bond acceptors (Lipinski definition) is 4. The number of halogens is 1. The fourth-order valence-electron chi connectivity index (χ4n) is 0.903. The molecule has 0 heterocycles. The van der Waals surface area contributed by atoms with Gasteiger partial charge in [0.2, 0.25) is 0 Å². The van der Waals surface area contributed by atoms with Gasteiger partial charge < -0.3 is 4.74 Å². The van der Waals surface area contributed by atoms with E-state index in [1.807, 2.05) is 0 Å². The maximum absolute atomic E-state index is 10.9. The lowest BCUT2D eigenvalue weighted by molar-refractivity contribution is -0.134. The van der Waals surface area contributed by atoms with Crippen LogP contribution in [0.25, 0.3) is 0 Å². The molecule has 0 aliphatic heterocycles. The Bertz CT molecular complexity index is 424. The van der Waals surface area contributed by atoms with E-state index < -0.39 is 5.97 Å². The SMILES string of the molecule is COC(=O)/C=C(\C)N=Nc1ccc(Cl)cc1. The van der Waals surface area contributed by atoms with Crippen LogP contribution < -0.4 is 0 Å². The highest BCUT2D eigenvalue weighted by atomic mass is 35.5. The number of esters is 1. The summed E-state index contributed by atoms with van der Waals surface area (Å²) in [7, 11) is 1.31. The molecule has 1 rings (SSSR count). The van der Waals surface area contributed by atoms with E-state index in [4.69, 9.17) is 11.6 Å². The standard InChI is InChI=1S/C11H11ClN2O2/c1-8(7-11(15)16-2)13-14-10-5-3-9(12)4-6-10/h3-7H,1-2H3/b8-7+,14-13?. The molecule has 0 saturated carbocycles. The average Bonchev–Trinajstić information content (AvgIpc) is 2.28. The first-order valence-electron chi connectivity index (χ1n) is 4.55. The van der Waals surface area contributed by atoms with Crippen LogP contribution in [0, 0.1) is 0 Å². The Kier molecular flexibility index (Phi) is 4.66. The molecule has 0 atom stereocenters. The molecule has 0 aromatic heterocycles. The predicted octanol–water partition coefficient (Wildman–Crippen LogP) is 3.50. The molecule has 0 N–H and O–H groups in total. The van der Waals surface area contributed by atoms with Crippen LogP contribution in [0.4, 0.5) is 5.69 Å². The van der Waals surface area contributed by atoms with Gasteiger partial charge in [0.1, 0.15) is 0 Å². The maximum Gasteiger partial charge on any atom is 0.332 e. The molecule has 1 aromatic carbocycles. The Labute approximate surface area is 98.6 Å². The molecular weight excluding hydrogens is 228 g/mol. The summed E-state index contributed by atoms with van der Waals surface area (Å²) in [5, 5.41) is 8.42. The zero-order valence-corrected chi connectivity index (χ0v) is 9.73. The van der Waals surface area contributed by atoms with Gasteiger partial charge in [-0.05, 0) is 31.2 Å². The predicted molar refractivity (Wildman–Crippen MR) is 61.7 cm³/mol. The van der Waals surface area contributed by atoms with Crippen LogP contribution in [0.15, 0.2) is 46.3 Å². The van der Waals surface area contributed by atoms with Crippen LogP contribution >= 0.6 is 11.6 Å². The molecule has 5 heteroatoms. The number of hydrogen-bond donors (Lipinski definition) is 0. The molecule has 4 nitrogen and oxygen atoms in total. The highest BCUT2D eigenvalue weighted by Gasteiger charge is 1.95. The first-order valence-corrected chi connectivity index (χ1v) is 4.93. The van der Waals surface area contributed by atoms with Crippen molar-refractivity contribution in [2.24, 2.45) is 10.2 Å². The van der Waals surface area contributed by atoms with Crippen LogP contribution in [0.5, 0.6) is 0 Å². The maximum atomic E-state index is 10.9. The van der Waals surface area contributed by atoms with Gasteiger partial charge in [-0.25, -0.2) is 4.79 Å². The monoisotopic (exact) mass is 238 g/mol. The summed E-state index contributed by atoms with van der Waals surface area (Å²) in [6.45, 7) is 1.66. The average molecular weight is 239 g/mol. The number of carbonyl (C=O) groups is 1. The van der Waals surface area contributed by atoms with Gasteiger partial charge >= 0.3 is 5.97 Å². The lowest BCUT2D eigenvalue weighted by Gasteiger charge is -1.93. The van der Waals surface area contributed by atoms with E-state index in [1.54, 1.807) is 31.2 Å². The first kappa shape index (κ1) is 12.4. The molecule has 0 aliphatic rings. The topological polar surface area (TPSA) is 51.0 Å². The summed E-state index contributed by atoms with van der Waals surface area (Å²) in [6.07, 6.45) is 1.26. The van der Waals surface area contributed by atoms with Gasteiger partial charge in [0.25, 0.3) is 0 Å². The van der Waals surface area contributed by atoms with Gasteiger partial charge in [0.05, 0.1) is 18.5 Å². The minimum absolute atomic E-state index is 0.451. The molecule has 16 heavy (non-hydrogen) atoms. The second-order valence-corrected chi connectivity index (χ2v) is 3.42. The molecule has 0 amide bonds. The van der Waals surface area contributed by atoms with Crippen molar-refractivity contribution in [3.8, 4) is 0 Å². The fourth-order valence-corrected chi connectivity index (χ4v) is 1.03. The number of nitrogens with zero attached hydrogens (tertiary/aromatic N) is 2. The lowest BCUT2D eigenvalue weighted by atomic mass is 10.3. The van der Waals surface area contributed by atoms with Crippen molar-refractivity contribution in [1.29, 1.82) is 0 Å². The number of rotatable bonds is 3. The summed E-state index contributed by atoms with van der Waals surface area (Å²) in [4.78, 5) is 10.9. The molecule has 0 spiro atoms. The molecule has 84 valence electrons. The minimum Gasteiger partial charge on any atom is -0.466 e. The summed E-state index contributed by atoms with van der Waals surface area (Å²) >= 11 is 5.72. The van der Waals surface area contributed by atoms with Gasteiger partial charge in [-0.2, -0.15) is 10.2 Å². The quantitative estimate of drug-likeness (QED) is 0.460. The molecule has 0 saturated heterocycles. The van der Waals surface area contributed by atoms with E-state index in [2.05, 4.69) is 15.0 Å². The van der Waals surface area contributed by atoms with Crippen molar-refractivity contribution in [2.75, 3.05) is 7.11 Å². The molecular formula is C11H11ClN2O2. The molecule has 0 aliphatic carbocycles. The highest BCUT2D eigenvalue weighted by molar-refractivity contribution is 6.30. The van der Waals surface area contributed by atoms with Crippen molar-refractivity contribution in [3.63, 3.8) is 0 Å². The number of azo groups is 1. The number of methoxy groups -OCH3 is 1. The van der Waals surface area contributed by atoms with Crippen LogP contribution in [0.1, 0.15) is 6.92 Å². The van der Waals surface area contributed by atoms with Crippen molar-refractivity contribution < 1.29 is 9.53 Å². The van der Waals surface area contributed by atoms with E-state index in [9.17, 15) is 4.79 Å². The third-order valence-corrected chi connectivity index (χ3v) is 1.93. The van der Waals surface area contributed by atoms with Crippen molar-refractivity contribution in [2.45, 2.75) is 6.92 Å². The van der Waals surface area contributed by atoms with Gasteiger partial charge in [-0.1, -0.05) is 11.6 Å². The molecule has 0 bridgehead atoms. The number of benzene rings is 1. The van der Waals surface area contributed by atoms with Crippen molar-refractivity contribution in [1.82, 2.24) is 0 Å². The molecule has 0 radical (unpaired) electrons. The second-order valence-electron chi connectivity index (χ2n) is 2.99. The van der Waals surface area contributed by atoms with Gasteiger partial charge in [-0.15, -0.1) is 0 Å².